The maximum atomic E-state index is 12.2. The van der Waals surface area contributed by atoms with Crippen molar-refractivity contribution >= 4 is 12.4 Å². The van der Waals surface area contributed by atoms with Gasteiger partial charge in [0.1, 0.15) is 0 Å². The molecule has 2 amide bonds. The lowest BCUT2D eigenvalue weighted by atomic mass is 10.1. The second-order valence-electron chi connectivity index (χ2n) is 2.56. The number of hydrogen-bond donors (Lipinski definition) is 2. The quantitative estimate of drug-likeness (QED) is 0.608. The molecule has 1 heterocycles. The normalized spacial score (nSPS) is 20.8. The summed E-state index contributed by atoms with van der Waals surface area (Å²) in [5.41, 5.74) is -4.57. The van der Waals surface area contributed by atoms with Crippen LogP contribution in [0, 0.1) is 0 Å². The van der Waals surface area contributed by atoms with Gasteiger partial charge in [-0.15, -0.1) is 0 Å². The van der Waals surface area contributed by atoms with Gasteiger partial charge in [-0.2, -0.15) is 26.3 Å². The number of alkyl halides is 6. The Kier molecular flexibility index (Phi) is 2.32. The summed E-state index contributed by atoms with van der Waals surface area (Å²) in [4.78, 5) is 12.7. The highest BCUT2D eigenvalue weighted by atomic mass is 19.4. The summed E-state index contributed by atoms with van der Waals surface area (Å²) in [6, 6.07) is -1.63. The highest BCUT2D eigenvalue weighted by Crippen LogP contribution is 2.44. The van der Waals surface area contributed by atoms with Crippen LogP contribution in [0.3, 0.4) is 0 Å². The van der Waals surface area contributed by atoms with Crippen molar-refractivity contribution in [2.45, 2.75) is 18.0 Å². The van der Waals surface area contributed by atoms with Crippen molar-refractivity contribution in [2.24, 2.45) is 4.99 Å². The standard InChI is InChI=1S/C5H3F6N3O/c6-4(7,8)3(5(9,10)11)13-1-12-2(15)14-3/h1H,(H2,12,13,14,15). The Morgan fingerprint density at radius 2 is 1.60 bits per heavy atom. The minimum Gasteiger partial charge on any atom is -0.299 e. The summed E-state index contributed by atoms with van der Waals surface area (Å²) in [6.45, 7) is 0. The van der Waals surface area contributed by atoms with E-state index in [0.717, 1.165) is 0 Å². The SMILES string of the molecule is O=C1NC=NC(C(F)(F)F)(C(F)(F)F)N1. The zero-order valence-electron chi connectivity index (χ0n) is 6.70. The lowest BCUT2D eigenvalue weighted by Gasteiger charge is -2.35. The fourth-order valence-corrected chi connectivity index (χ4v) is 0.869. The molecule has 0 aromatic rings. The summed E-state index contributed by atoms with van der Waals surface area (Å²) in [7, 11) is 0. The Hall–Kier alpha value is -1.48. The van der Waals surface area contributed by atoms with Gasteiger partial charge in [0.2, 0.25) is 0 Å². The average Bonchev–Trinajstić information content (AvgIpc) is 1.99. The molecule has 1 rings (SSSR count). The Balaban J connectivity index is 3.26. The molecule has 0 aromatic heterocycles. The molecule has 1 aliphatic heterocycles. The predicted octanol–water partition coefficient (Wildman–Crippen LogP) is 1.15. The first kappa shape index (κ1) is 11.6. The first-order valence-corrected chi connectivity index (χ1v) is 3.36. The summed E-state index contributed by atoms with van der Waals surface area (Å²) >= 11 is 0. The smallest absolute Gasteiger partial charge is 0.299 e. The lowest BCUT2D eigenvalue weighted by molar-refractivity contribution is -0.301. The van der Waals surface area contributed by atoms with Crippen LogP contribution in [0.25, 0.3) is 0 Å². The number of nitrogens with one attached hydrogen (secondary N) is 2. The zero-order valence-corrected chi connectivity index (χ0v) is 6.70. The molecular formula is C5H3F6N3O. The molecule has 15 heavy (non-hydrogen) atoms. The van der Waals surface area contributed by atoms with Crippen LogP contribution in [-0.4, -0.2) is 30.4 Å². The van der Waals surface area contributed by atoms with E-state index in [1.54, 1.807) is 0 Å². The van der Waals surface area contributed by atoms with Crippen LogP contribution in [0.1, 0.15) is 0 Å². The third kappa shape index (κ3) is 1.70. The molecule has 0 bridgehead atoms. The van der Waals surface area contributed by atoms with Gasteiger partial charge < -0.3 is 0 Å². The number of carbonyl (C=O) groups excluding carboxylic acids is 1. The molecule has 4 nitrogen and oxygen atoms in total. The number of halogens is 6. The van der Waals surface area contributed by atoms with Crippen LogP contribution in [0.2, 0.25) is 0 Å². The fourth-order valence-electron chi connectivity index (χ4n) is 0.869. The van der Waals surface area contributed by atoms with E-state index in [4.69, 9.17) is 0 Å². The topological polar surface area (TPSA) is 53.5 Å². The summed E-state index contributed by atoms with van der Waals surface area (Å²) < 4.78 is 73.1. The third-order valence-corrected chi connectivity index (χ3v) is 1.57. The highest BCUT2D eigenvalue weighted by Gasteiger charge is 2.73. The van der Waals surface area contributed by atoms with E-state index >= 15 is 0 Å². The molecule has 0 radical (unpaired) electrons. The van der Waals surface area contributed by atoms with E-state index in [1.165, 1.54) is 5.32 Å². The summed E-state index contributed by atoms with van der Waals surface area (Å²) in [5.74, 6) is 0. The first-order valence-electron chi connectivity index (χ1n) is 3.36. The minimum atomic E-state index is -5.76. The molecule has 0 atom stereocenters. The predicted molar refractivity (Wildman–Crippen MR) is 35.0 cm³/mol. The van der Waals surface area contributed by atoms with Gasteiger partial charge in [-0.05, 0) is 0 Å². The molecule has 0 saturated heterocycles. The molecule has 0 fully saturated rings. The van der Waals surface area contributed by atoms with Crippen molar-refractivity contribution in [1.82, 2.24) is 10.6 Å². The molecule has 2 N–H and O–H groups in total. The number of amides is 2. The maximum Gasteiger partial charge on any atom is 0.441 e. The number of urea groups is 1. The molecule has 0 spiro atoms. The van der Waals surface area contributed by atoms with E-state index in [0.29, 0.717) is 5.32 Å². The second-order valence-corrected chi connectivity index (χ2v) is 2.56. The van der Waals surface area contributed by atoms with Crippen molar-refractivity contribution < 1.29 is 31.1 Å². The van der Waals surface area contributed by atoms with E-state index in [1.807, 2.05) is 0 Å². The summed E-state index contributed by atoms with van der Waals surface area (Å²) in [5, 5.41) is 2.25. The molecular weight excluding hydrogens is 232 g/mol. The lowest BCUT2D eigenvalue weighted by Crippen LogP contribution is -2.69. The van der Waals surface area contributed by atoms with E-state index in [9.17, 15) is 31.1 Å². The van der Waals surface area contributed by atoms with Crippen LogP contribution >= 0.6 is 0 Å². The molecule has 0 aromatic carbocycles. The van der Waals surface area contributed by atoms with Crippen LogP contribution in [-0.2, 0) is 0 Å². The average molecular weight is 235 g/mol. The molecule has 86 valence electrons. The van der Waals surface area contributed by atoms with Gasteiger partial charge in [-0.1, -0.05) is 0 Å². The van der Waals surface area contributed by atoms with Crippen LogP contribution in [0.4, 0.5) is 31.1 Å². The van der Waals surface area contributed by atoms with Gasteiger partial charge in [0.25, 0.3) is 0 Å². The maximum absolute atomic E-state index is 12.2. The number of hydrogen-bond acceptors (Lipinski definition) is 2. The molecule has 10 heteroatoms. The third-order valence-electron chi connectivity index (χ3n) is 1.57. The monoisotopic (exact) mass is 235 g/mol. The van der Waals surface area contributed by atoms with Crippen molar-refractivity contribution in [3.8, 4) is 0 Å². The Morgan fingerprint density at radius 1 is 1.13 bits per heavy atom. The number of aliphatic imine (C=N–C) groups is 1. The van der Waals surface area contributed by atoms with Gasteiger partial charge in [-0.25, -0.2) is 9.79 Å². The largest absolute Gasteiger partial charge is 0.441 e. The number of rotatable bonds is 0. The first-order chi connectivity index (χ1) is 6.60. The fraction of sp³-hybridized carbons (Fsp3) is 0.600. The number of nitrogens with zero attached hydrogens (tertiary/aromatic N) is 1. The van der Waals surface area contributed by atoms with E-state index in [2.05, 4.69) is 4.99 Å². The van der Waals surface area contributed by atoms with Crippen LogP contribution < -0.4 is 10.6 Å². The van der Waals surface area contributed by atoms with Crippen molar-refractivity contribution in [2.75, 3.05) is 0 Å². The molecule has 1 aliphatic rings. The van der Waals surface area contributed by atoms with E-state index in [-0.39, 0.29) is 6.34 Å². The minimum absolute atomic E-state index is 0.0554. The van der Waals surface area contributed by atoms with E-state index < -0.39 is 24.0 Å². The Bertz CT molecular complexity index is 291. The van der Waals surface area contributed by atoms with Crippen LogP contribution in [0.5, 0.6) is 0 Å². The zero-order chi connectivity index (χ0) is 11.9. The van der Waals surface area contributed by atoms with Gasteiger partial charge in [0.05, 0.1) is 6.34 Å². The van der Waals surface area contributed by atoms with Gasteiger partial charge >= 0.3 is 24.0 Å². The summed E-state index contributed by atoms with van der Waals surface area (Å²) in [6.07, 6.45) is -11.5. The Labute approximate surface area is 78.3 Å². The molecule has 0 saturated carbocycles. The van der Waals surface area contributed by atoms with Crippen LogP contribution in [0.15, 0.2) is 4.99 Å². The van der Waals surface area contributed by atoms with Crippen molar-refractivity contribution in [3.63, 3.8) is 0 Å². The Morgan fingerprint density at radius 3 is 1.87 bits per heavy atom. The number of carbonyl (C=O) groups is 1. The highest BCUT2D eigenvalue weighted by molar-refractivity contribution is 5.89. The van der Waals surface area contributed by atoms with Gasteiger partial charge in [-0.3, -0.25) is 10.6 Å². The van der Waals surface area contributed by atoms with Crippen molar-refractivity contribution in [3.05, 3.63) is 0 Å². The molecule has 0 unspecified atom stereocenters. The molecule has 0 aliphatic carbocycles. The van der Waals surface area contributed by atoms with Gasteiger partial charge in [0.15, 0.2) is 0 Å². The van der Waals surface area contributed by atoms with Crippen molar-refractivity contribution in [1.29, 1.82) is 0 Å². The van der Waals surface area contributed by atoms with Gasteiger partial charge in [0, 0.05) is 0 Å². The second kappa shape index (κ2) is 3.00.